The van der Waals surface area contributed by atoms with Gasteiger partial charge in [-0.25, -0.2) is 8.78 Å². The van der Waals surface area contributed by atoms with Crippen LogP contribution in [0.2, 0.25) is 0 Å². The van der Waals surface area contributed by atoms with Crippen molar-refractivity contribution in [1.82, 2.24) is 9.80 Å². The van der Waals surface area contributed by atoms with Gasteiger partial charge in [0.25, 0.3) is 0 Å². The molecule has 2 fully saturated rings. The molecule has 0 saturated carbocycles. The fourth-order valence-corrected chi connectivity index (χ4v) is 3.32. The maximum Gasteiger partial charge on any atom is 0.190 e. The Labute approximate surface area is 118 Å². The first-order chi connectivity index (χ1) is 9.69. The Morgan fingerprint density at radius 1 is 1.25 bits per heavy atom. The van der Waals surface area contributed by atoms with Crippen LogP contribution in [-0.2, 0) is 6.54 Å². The molecule has 3 nitrogen and oxygen atoms in total. The molecule has 5 heteroatoms. The van der Waals surface area contributed by atoms with Gasteiger partial charge in [0.15, 0.2) is 17.4 Å². The first-order valence-electron chi connectivity index (χ1n) is 7.16. The standard InChI is InChI=1S/C15H20F2N2O/c1-20-15-13(16)5-4-11(14(15)17)9-18-7-8-19-6-2-3-12(19)10-18/h4-5,12H,2-3,6-10H2,1H3/t12-/m0/s1. The number of fused-ring (bicyclic) bond motifs is 1. The predicted molar refractivity (Wildman–Crippen MR) is 72.8 cm³/mol. The van der Waals surface area contributed by atoms with E-state index < -0.39 is 11.6 Å². The molecule has 0 aliphatic carbocycles. The van der Waals surface area contributed by atoms with Crippen LogP contribution in [0.5, 0.6) is 5.75 Å². The van der Waals surface area contributed by atoms with Crippen molar-refractivity contribution >= 4 is 0 Å². The molecular formula is C15H20F2N2O. The Balaban J connectivity index is 1.72. The summed E-state index contributed by atoms with van der Waals surface area (Å²) in [6, 6.07) is 3.41. The van der Waals surface area contributed by atoms with Crippen molar-refractivity contribution in [2.75, 3.05) is 33.3 Å². The van der Waals surface area contributed by atoms with Crippen molar-refractivity contribution in [3.8, 4) is 5.75 Å². The Kier molecular flexibility index (Phi) is 3.89. The summed E-state index contributed by atoms with van der Waals surface area (Å²) < 4.78 is 32.4. The molecule has 1 atom stereocenters. The molecule has 2 aliphatic heterocycles. The molecule has 2 saturated heterocycles. The monoisotopic (exact) mass is 282 g/mol. The summed E-state index contributed by atoms with van der Waals surface area (Å²) in [4.78, 5) is 4.76. The average Bonchev–Trinajstić information content (AvgIpc) is 2.90. The lowest BCUT2D eigenvalue weighted by Gasteiger charge is -2.37. The van der Waals surface area contributed by atoms with Crippen molar-refractivity contribution < 1.29 is 13.5 Å². The Hall–Kier alpha value is -1.20. The highest BCUT2D eigenvalue weighted by atomic mass is 19.1. The van der Waals surface area contributed by atoms with Crippen molar-refractivity contribution in [2.45, 2.75) is 25.4 Å². The molecule has 0 spiro atoms. The van der Waals surface area contributed by atoms with Crippen LogP contribution in [0.4, 0.5) is 8.78 Å². The zero-order valence-corrected chi connectivity index (χ0v) is 11.7. The van der Waals surface area contributed by atoms with Gasteiger partial charge in [-0.15, -0.1) is 0 Å². The van der Waals surface area contributed by atoms with Gasteiger partial charge in [-0.1, -0.05) is 6.07 Å². The molecule has 110 valence electrons. The lowest BCUT2D eigenvalue weighted by Crippen LogP contribution is -2.49. The molecule has 2 heterocycles. The van der Waals surface area contributed by atoms with E-state index in [1.165, 1.54) is 38.6 Å². The van der Waals surface area contributed by atoms with Crippen molar-refractivity contribution in [3.05, 3.63) is 29.3 Å². The first kappa shape index (κ1) is 13.8. The van der Waals surface area contributed by atoms with Crippen LogP contribution >= 0.6 is 0 Å². The Morgan fingerprint density at radius 3 is 2.90 bits per heavy atom. The molecule has 0 unspecified atom stereocenters. The molecule has 0 bridgehead atoms. The van der Waals surface area contributed by atoms with Gasteiger partial charge in [0.1, 0.15) is 0 Å². The minimum absolute atomic E-state index is 0.276. The number of rotatable bonds is 3. The van der Waals surface area contributed by atoms with E-state index >= 15 is 0 Å². The summed E-state index contributed by atoms with van der Waals surface area (Å²) in [7, 11) is 1.29. The van der Waals surface area contributed by atoms with Crippen LogP contribution in [0, 0.1) is 11.6 Å². The molecule has 0 radical (unpaired) electrons. The fourth-order valence-electron chi connectivity index (χ4n) is 3.32. The third-order valence-corrected chi connectivity index (χ3v) is 4.40. The van der Waals surface area contributed by atoms with E-state index in [0.717, 1.165) is 19.6 Å². The average molecular weight is 282 g/mol. The molecule has 0 aromatic heterocycles. The summed E-state index contributed by atoms with van der Waals surface area (Å²) in [6.07, 6.45) is 2.49. The number of nitrogens with zero attached hydrogens (tertiary/aromatic N) is 2. The van der Waals surface area contributed by atoms with E-state index in [1.807, 2.05) is 0 Å². The third-order valence-electron chi connectivity index (χ3n) is 4.40. The van der Waals surface area contributed by atoms with E-state index in [2.05, 4.69) is 9.80 Å². The van der Waals surface area contributed by atoms with E-state index in [0.29, 0.717) is 18.2 Å². The second-order valence-electron chi connectivity index (χ2n) is 5.62. The normalized spacial score (nSPS) is 23.9. The molecule has 1 aromatic rings. The van der Waals surface area contributed by atoms with Crippen molar-refractivity contribution in [1.29, 1.82) is 0 Å². The van der Waals surface area contributed by atoms with Gasteiger partial charge >= 0.3 is 0 Å². The number of piperazine rings is 1. The molecule has 3 rings (SSSR count). The van der Waals surface area contributed by atoms with Crippen LogP contribution in [0.3, 0.4) is 0 Å². The quantitative estimate of drug-likeness (QED) is 0.845. The van der Waals surface area contributed by atoms with Gasteiger partial charge in [-0.05, 0) is 25.5 Å². The highest BCUT2D eigenvalue weighted by molar-refractivity contribution is 5.32. The molecule has 2 aliphatic rings. The number of hydrogen-bond donors (Lipinski definition) is 0. The zero-order valence-electron chi connectivity index (χ0n) is 11.7. The van der Waals surface area contributed by atoms with E-state index in [1.54, 1.807) is 0 Å². The molecule has 1 aromatic carbocycles. The van der Waals surface area contributed by atoms with Crippen LogP contribution in [0.1, 0.15) is 18.4 Å². The lowest BCUT2D eigenvalue weighted by molar-refractivity contribution is 0.0983. The molecular weight excluding hydrogens is 262 g/mol. The second kappa shape index (κ2) is 5.66. The number of ether oxygens (including phenoxy) is 1. The highest BCUT2D eigenvalue weighted by Crippen LogP contribution is 2.27. The minimum atomic E-state index is -0.644. The van der Waals surface area contributed by atoms with Gasteiger partial charge in [0, 0.05) is 37.8 Å². The van der Waals surface area contributed by atoms with E-state index in [-0.39, 0.29) is 5.75 Å². The zero-order chi connectivity index (χ0) is 14.1. The number of methoxy groups -OCH3 is 1. The maximum absolute atomic E-state index is 14.2. The summed E-state index contributed by atoms with van der Waals surface area (Å²) in [5.74, 6) is -1.49. The van der Waals surface area contributed by atoms with Gasteiger partial charge in [0.2, 0.25) is 0 Å². The third kappa shape index (κ3) is 2.52. The van der Waals surface area contributed by atoms with Crippen molar-refractivity contribution in [2.24, 2.45) is 0 Å². The van der Waals surface area contributed by atoms with Crippen LogP contribution in [0.15, 0.2) is 12.1 Å². The fraction of sp³-hybridized carbons (Fsp3) is 0.600. The van der Waals surface area contributed by atoms with E-state index in [9.17, 15) is 8.78 Å². The molecule has 20 heavy (non-hydrogen) atoms. The van der Waals surface area contributed by atoms with Crippen LogP contribution < -0.4 is 4.74 Å². The largest absolute Gasteiger partial charge is 0.491 e. The van der Waals surface area contributed by atoms with Crippen molar-refractivity contribution in [3.63, 3.8) is 0 Å². The Morgan fingerprint density at radius 2 is 2.10 bits per heavy atom. The summed E-state index contributed by atoms with van der Waals surface area (Å²) in [5, 5.41) is 0. The summed E-state index contributed by atoms with van der Waals surface area (Å²) >= 11 is 0. The van der Waals surface area contributed by atoms with Crippen LogP contribution in [-0.4, -0.2) is 49.1 Å². The Bertz CT molecular complexity index is 495. The second-order valence-corrected chi connectivity index (χ2v) is 5.62. The number of benzene rings is 1. The molecule has 0 N–H and O–H groups in total. The smallest absolute Gasteiger partial charge is 0.190 e. The number of halogens is 2. The van der Waals surface area contributed by atoms with E-state index in [4.69, 9.17) is 4.74 Å². The number of hydrogen-bond acceptors (Lipinski definition) is 3. The SMILES string of the molecule is COc1c(F)ccc(CN2CCN3CCC[C@H]3C2)c1F. The van der Waals surface area contributed by atoms with Gasteiger partial charge in [0.05, 0.1) is 7.11 Å². The first-order valence-corrected chi connectivity index (χ1v) is 7.16. The minimum Gasteiger partial charge on any atom is -0.491 e. The summed E-state index contributed by atoms with van der Waals surface area (Å²) in [6.45, 7) is 4.67. The topological polar surface area (TPSA) is 15.7 Å². The van der Waals surface area contributed by atoms with Gasteiger partial charge in [-0.2, -0.15) is 0 Å². The maximum atomic E-state index is 14.2. The van der Waals surface area contributed by atoms with Gasteiger partial charge < -0.3 is 4.74 Å². The van der Waals surface area contributed by atoms with Crippen LogP contribution in [0.25, 0.3) is 0 Å². The predicted octanol–water partition coefficient (Wildman–Crippen LogP) is 2.25. The lowest BCUT2D eigenvalue weighted by atomic mass is 10.1. The van der Waals surface area contributed by atoms with Gasteiger partial charge in [-0.3, -0.25) is 9.80 Å². The summed E-state index contributed by atoms with van der Waals surface area (Å²) in [5.41, 5.74) is 0.509. The highest BCUT2D eigenvalue weighted by Gasteiger charge is 2.30. The molecule has 0 amide bonds.